The quantitative estimate of drug-likeness (QED) is 0.173. The van der Waals surface area contributed by atoms with E-state index in [1.54, 1.807) is 7.11 Å². The molecule has 4 aromatic rings. The molecule has 1 heterocycles. The molecule has 224 valence electrons. The lowest BCUT2D eigenvalue weighted by Crippen LogP contribution is -2.67. The molecule has 0 saturated carbocycles. The highest BCUT2D eigenvalue weighted by Gasteiger charge is 2.51. The third kappa shape index (κ3) is 7.35. The maximum Gasteiger partial charge on any atom is 0.261 e. The zero-order chi connectivity index (χ0) is 30.1. The van der Waals surface area contributed by atoms with Gasteiger partial charge in [-0.05, 0) is 32.6 Å². The molecule has 0 saturated heterocycles. The number of benzene rings is 4. The predicted molar refractivity (Wildman–Crippen MR) is 174 cm³/mol. The highest BCUT2D eigenvalue weighted by atomic mass is 28.4. The van der Waals surface area contributed by atoms with Crippen molar-refractivity contribution in [1.29, 1.82) is 0 Å². The first kappa shape index (κ1) is 30.9. The Morgan fingerprint density at radius 2 is 1.16 bits per heavy atom. The smallest absolute Gasteiger partial charge is 0.261 e. The average molecular weight is 595 g/mol. The molecule has 5 rings (SSSR count). The first-order chi connectivity index (χ1) is 20.9. The van der Waals surface area contributed by atoms with Gasteiger partial charge in [0.1, 0.15) is 24.6 Å². The van der Waals surface area contributed by atoms with Crippen LogP contribution in [0.25, 0.3) is 0 Å². The molecule has 0 radical (unpaired) electrons. The molecule has 0 bridgehead atoms. The zero-order valence-corrected chi connectivity index (χ0v) is 26.5. The third-order valence-corrected chi connectivity index (χ3v) is 12.9. The second-order valence-electron chi connectivity index (χ2n) is 11.8. The normalized spacial score (nSPS) is 19.1. The Hall–Kier alpha value is -3.52. The van der Waals surface area contributed by atoms with Gasteiger partial charge in [-0.3, -0.25) is 0 Å². The van der Waals surface area contributed by atoms with Crippen molar-refractivity contribution in [2.75, 3.05) is 13.7 Å². The van der Waals surface area contributed by atoms with Gasteiger partial charge in [-0.2, -0.15) is 0 Å². The van der Waals surface area contributed by atoms with Crippen LogP contribution in [0.2, 0.25) is 5.04 Å². The van der Waals surface area contributed by atoms with Gasteiger partial charge in [0, 0.05) is 7.11 Å². The Balaban J connectivity index is 1.46. The summed E-state index contributed by atoms with van der Waals surface area (Å²) in [7, 11) is -1.15. The van der Waals surface area contributed by atoms with E-state index < -0.39 is 26.8 Å². The molecule has 0 fully saturated rings. The second kappa shape index (κ2) is 14.3. The standard InChI is InChI=1S/C37H42O5Si/c1-37(2,3)43(31-21-13-7-14-22-31,32-23-15-8-16-24-32)41-28-35-33(39-26-29-17-9-5-10-18-29)25-34(36(38-4)42-35)40-27-30-19-11-6-12-20-30/h5-25,34-36H,26-28H2,1-4H3/t34-,35+,36-/m0/s1. The van der Waals surface area contributed by atoms with Gasteiger partial charge >= 0.3 is 0 Å². The van der Waals surface area contributed by atoms with Crippen molar-refractivity contribution in [3.05, 3.63) is 144 Å². The molecule has 0 spiro atoms. The molecule has 4 aromatic carbocycles. The molecule has 0 N–H and O–H groups in total. The highest BCUT2D eigenvalue weighted by Crippen LogP contribution is 2.37. The maximum absolute atomic E-state index is 7.24. The summed E-state index contributed by atoms with van der Waals surface area (Å²) in [4.78, 5) is 0. The van der Waals surface area contributed by atoms with E-state index in [0.717, 1.165) is 11.1 Å². The van der Waals surface area contributed by atoms with E-state index in [9.17, 15) is 0 Å². The minimum Gasteiger partial charge on any atom is -0.491 e. The topological polar surface area (TPSA) is 46.2 Å². The fourth-order valence-electron chi connectivity index (χ4n) is 5.70. The third-order valence-electron chi connectivity index (χ3n) is 7.85. The van der Waals surface area contributed by atoms with Gasteiger partial charge in [0.2, 0.25) is 0 Å². The van der Waals surface area contributed by atoms with Crippen molar-refractivity contribution in [3.63, 3.8) is 0 Å². The number of methoxy groups -OCH3 is 1. The summed E-state index contributed by atoms with van der Waals surface area (Å²) in [5.41, 5.74) is 2.15. The van der Waals surface area contributed by atoms with Gasteiger partial charge in [0.25, 0.3) is 8.32 Å². The average Bonchev–Trinajstić information content (AvgIpc) is 3.04. The largest absolute Gasteiger partial charge is 0.491 e. The SMILES string of the molecule is CO[C@H]1O[C@H](CO[Si](c2ccccc2)(c2ccccc2)C(C)(C)C)C(OCc2ccccc2)=C[C@@H]1OCc1ccccc1. The monoisotopic (exact) mass is 594 g/mol. The van der Waals surface area contributed by atoms with Crippen LogP contribution in [0.4, 0.5) is 0 Å². The molecular formula is C37H42O5Si. The number of rotatable bonds is 12. The van der Waals surface area contributed by atoms with Crippen molar-refractivity contribution >= 4 is 18.7 Å². The van der Waals surface area contributed by atoms with E-state index in [1.165, 1.54) is 10.4 Å². The summed E-state index contributed by atoms with van der Waals surface area (Å²) in [6, 6.07) is 41.5. The van der Waals surface area contributed by atoms with Crippen LogP contribution in [0.5, 0.6) is 0 Å². The first-order valence-electron chi connectivity index (χ1n) is 14.9. The van der Waals surface area contributed by atoms with Gasteiger partial charge in [-0.15, -0.1) is 0 Å². The Labute approximate surface area is 257 Å². The van der Waals surface area contributed by atoms with E-state index in [0.29, 0.717) is 25.6 Å². The Kier molecular flexibility index (Phi) is 10.3. The Morgan fingerprint density at radius 3 is 1.65 bits per heavy atom. The van der Waals surface area contributed by atoms with E-state index in [4.69, 9.17) is 23.4 Å². The Morgan fingerprint density at radius 1 is 0.674 bits per heavy atom. The zero-order valence-electron chi connectivity index (χ0n) is 25.5. The molecule has 1 aliphatic heterocycles. The molecule has 5 nitrogen and oxygen atoms in total. The van der Waals surface area contributed by atoms with Gasteiger partial charge < -0.3 is 23.4 Å². The minimum absolute atomic E-state index is 0.166. The lowest BCUT2D eigenvalue weighted by atomic mass is 10.1. The van der Waals surface area contributed by atoms with Crippen molar-refractivity contribution < 1.29 is 23.4 Å². The van der Waals surface area contributed by atoms with Crippen LogP contribution in [-0.2, 0) is 36.6 Å². The number of hydrogen-bond donors (Lipinski definition) is 0. The summed E-state index contributed by atoms with van der Waals surface area (Å²) < 4.78 is 32.4. The van der Waals surface area contributed by atoms with Gasteiger partial charge in [-0.1, -0.05) is 142 Å². The van der Waals surface area contributed by atoms with Crippen LogP contribution in [-0.4, -0.2) is 40.5 Å². The first-order valence-corrected chi connectivity index (χ1v) is 16.8. The van der Waals surface area contributed by atoms with Crippen LogP contribution >= 0.6 is 0 Å². The van der Waals surface area contributed by atoms with Crippen LogP contribution < -0.4 is 10.4 Å². The fraction of sp³-hybridized carbons (Fsp3) is 0.297. The number of ether oxygens (including phenoxy) is 4. The molecule has 1 aliphatic rings. The van der Waals surface area contributed by atoms with Crippen LogP contribution in [0.1, 0.15) is 31.9 Å². The van der Waals surface area contributed by atoms with Crippen molar-refractivity contribution in [3.8, 4) is 0 Å². The van der Waals surface area contributed by atoms with Gasteiger partial charge in [0.05, 0.1) is 13.2 Å². The number of hydrogen-bond acceptors (Lipinski definition) is 5. The van der Waals surface area contributed by atoms with Gasteiger partial charge in [0.15, 0.2) is 6.29 Å². The summed E-state index contributed by atoms with van der Waals surface area (Å²) in [6.45, 7) is 7.97. The van der Waals surface area contributed by atoms with E-state index in [1.807, 2.05) is 54.6 Å². The van der Waals surface area contributed by atoms with Gasteiger partial charge in [-0.25, -0.2) is 0 Å². The summed E-state index contributed by atoms with van der Waals surface area (Å²) in [5, 5.41) is 2.27. The summed E-state index contributed by atoms with van der Waals surface area (Å²) in [5.74, 6) is 0.688. The fourth-order valence-corrected chi connectivity index (χ4v) is 10.3. The molecule has 3 atom stereocenters. The molecule has 0 amide bonds. The minimum atomic E-state index is -2.79. The summed E-state index contributed by atoms with van der Waals surface area (Å²) >= 11 is 0. The molecular weight excluding hydrogens is 552 g/mol. The highest BCUT2D eigenvalue weighted by molar-refractivity contribution is 6.99. The van der Waals surface area contributed by atoms with Crippen LogP contribution in [0.3, 0.4) is 0 Å². The van der Waals surface area contributed by atoms with Crippen LogP contribution in [0, 0.1) is 0 Å². The van der Waals surface area contributed by atoms with Crippen LogP contribution in [0.15, 0.2) is 133 Å². The van der Waals surface area contributed by atoms with Crippen molar-refractivity contribution in [1.82, 2.24) is 0 Å². The predicted octanol–water partition coefficient (Wildman–Crippen LogP) is 6.62. The molecule has 0 aromatic heterocycles. The summed E-state index contributed by atoms with van der Waals surface area (Å²) in [6.07, 6.45) is 0.468. The molecule has 6 heteroatoms. The second-order valence-corrected chi connectivity index (χ2v) is 16.1. The molecule has 43 heavy (non-hydrogen) atoms. The lowest BCUT2D eigenvalue weighted by Gasteiger charge is -2.44. The van der Waals surface area contributed by atoms with E-state index in [2.05, 4.69) is 93.6 Å². The van der Waals surface area contributed by atoms with Crippen molar-refractivity contribution in [2.24, 2.45) is 0 Å². The van der Waals surface area contributed by atoms with E-state index in [-0.39, 0.29) is 5.04 Å². The molecule has 0 aliphatic carbocycles. The lowest BCUT2D eigenvalue weighted by molar-refractivity contribution is -0.221. The maximum atomic E-state index is 7.24. The Bertz CT molecular complexity index is 1380. The van der Waals surface area contributed by atoms with Crippen molar-refractivity contribution in [2.45, 2.75) is 57.5 Å². The molecule has 0 unspecified atom stereocenters. The van der Waals surface area contributed by atoms with E-state index >= 15 is 0 Å².